The summed E-state index contributed by atoms with van der Waals surface area (Å²) in [6.45, 7) is 1.88. The Labute approximate surface area is 76.3 Å². The minimum atomic E-state index is -0.333. The molecular formula is C9H10ClNO. The van der Waals surface area contributed by atoms with E-state index in [0.717, 1.165) is 11.1 Å². The first-order valence-electron chi connectivity index (χ1n) is 3.63. The number of rotatable bonds is 2. The monoisotopic (exact) mass is 183 g/mol. The van der Waals surface area contributed by atoms with Gasteiger partial charge in [-0.05, 0) is 24.1 Å². The Hall–Kier alpha value is -1.02. The van der Waals surface area contributed by atoms with E-state index in [0.29, 0.717) is 5.02 Å². The van der Waals surface area contributed by atoms with Crippen LogP contribution in [0.5, 0.6) is 0 Å². The summed E-state index contributed by atoms with van der Waals surface area (Å²) in [6.07, 6.45) is 0.256. The maximum Gasteiger partial charge on any atom is 0.221 e. The van der Waals surface area contributed by atoms with Crippen LogP contribution < -0.4 is 5.73 Å². The number of halogens is 1. The highest BCUT2D eigenvalue weighted by molar-refractivity contribution is 6.31. The largest absolute Gasteiger partial charge is 0.369 e. The summed E-state index contributed by atoms with van der Waals surface area (Å²) in [7, 11) is 0. The maximum atomic E-state index is 10.6. The number of primary amides is 1. The molecule has 1 rings (SSSR count). The van der Waals surface area contributed by atoms with Gasteiger partial charge in [-0.15, -0.1) is 0 Å². The third-order valence-corrected chi connectivity index (χ3v) is 2.15. The van der Waals surface area contributed by atoms with Crippen LogP contribution in [-0.2, 0) is 11.2 Å². The predicted molar refractivity (Wildman–Crippen MR) is 49.1 cm³/mol. The number of nitrogens with two attached hydrogens (primary N) is 1. The van der Waals surface area contributed by atoms with Gasteiger partial charge in [0.1, 0.15) is 0 Å². The second-order valence-corrected chi connectivity index (χ2v) is 3.07. The molecule has 0 fully saturated rings. The Balaban J connectivity index is 3.00. The molecule has 3 heteroatoms. The molecule has 0 aliphatic carbocycles. The predicted octanol–water partition coefficient (Wildman–Crippen LogP) is 1.68. The SMILES string of the molecule is Cc1c(Cl)cccc1CC(N)=O. The molecule has 2 nitrogen and oxygen atoms in total. The quantitative estimate of drug-likeness (QED) is 0.745. The second-order valence-electron chi connectivity index (χ2n) is 2.67. The zero-order valence-electron chi connectivity index (χ0n) is 6.80. The summed E-state index contributed by atoms with van der Waals surface area (Å²) in [5.74, 6) is -0.333. The second kappa shape index (κ2) is 3.59. The Bertz CT molecular complexity index is 309. The molecule has 0 aromatic heterocycles. The van der Waals surface area contributed by atoms with Crippen molar-refractivity contribution in [1.29, 1.82) is 0 Å². The van der Waals surface area contributed by atoms with Crippen molar-refractivity contribution >= 4 is 17.5 Å². The molecular weight excluding hydrogens is 174 g/mol. The number of carbonyl (C=O) groups is 1. The molecule has 0 aliphatic heterocycles. The molecule has 2 N–H and O–H groups in total. The first kappa shape index (κ1) is 9.07. The van der Waals surface area contributed by atoms with Gasteiger partial charge < -0.3 is 5.73 Å². The minimum absolute atomic E-state index is 0.256. The minimum Gasteiger partial charge on any atom is -0.369 e. The van der Waals surface area contributed by atoms with Gasteiger partial charge in [0.25, 0.3) is 0 Å². The van der Waals surface area contributed by atoms with Crippen molar-refractivity contribution in [2.75, 3.05) is 0 Å². The molecule has 1 amide bonds. The standard InChI is InChI=1S/C9H10ClNO/c1-6-7(5-9(11)12)3-2-4-8(6)10/h2-4H,5H2,1H3,(H2,11,12). The molecule has 0 unspecified atom stereocenters. The van der Waals surface area contributed by atoms with Crippen LogP contribution in [0.25, 0.3) is 0 Å². The van der Waals surface area contributed by atoms with Crippen LogP contribution in [0.2, 0.25) is 5.02 Å². The van der Waals surface area contributed by atoms with E-state index in [1.807, 2.05) is 19.1 Å². The number of hydrogen-bond acceptors (Lipinski definition) is 1. The molecule has 0 saturated heterocycles. The average Bonchev–Trinajstić information content (AvgIpc) is 1.98. The van der Waals surface area contributed by atoms with Gasteiger partial charge in [0.05, 0.1) is 6.42 Å². The van der Waals surface area contributed by atoms with Crippen molar-refractivity contribution in [3.63, 3.8) is 0 Å². The molecule has 1 aromatic rings. The summed E-state index contributed by atoms with van der Waals surface area (Å²) in [5, 5.41) is 0.675. The number of hydrogen-bond donors (Lipinski definition) is 1. The van der Waals surface area contributed by atoms with E-state index in [-0.39, 0.29) is 12.3 Å². The average molecular weight is 184 g/mol. The molecule has 0 radical (unpaired) electrons. The molecule has 1 aromatic carbocycles. The van der Waals surface area contributed by atoms with Crippen molar-refractivity contribution in [3.8, 4) is 0 Å². The first-order valence-corrected chi connectivity index (χ1v) is 4.01. The van der Waals surface area contributed by atoms with E-state index in [1.165, 1.54) is 0 Å². The van der Waals surface area contributed by atoms with Gasteiger partial charge in [0.2, 0.25) is 5.91 Å². The van der Waals surface area contributed by atoms with Crippen LogP contribution in [-0.4, -0.2) is 5.91 Å². The summed E-state index contributed by atoms with van der Waals surface area (Å²) in [6, 6.07) is 5.46. The smallest absolute Gasteiger partial charge is 0.221 e. The van der Waals surface area contributed by atoms with Crippen LogP contribution >= 0.6 is 11.6 Å². The van der Waals surface area contributed by atoms with Crippen molar-refractivity contribution < 1.29 is 4.79 Å². The summed E-state index contributed by atoms with van der Waals surface area (Å²) in [5.41, 5.74) is 6.89. The Morgan fingerprint density at radius 1 is 1.58 bits per heavy atom. The van der Waals surface area contributed by atoms with Crippen LogP contribution in [0.3, 0.4) is 0 Å². The highest BCUT2D eigenvalue weighted by Gasteiger charge is 2.03. The lowest BCUT2D eigenvalue weighted by molar-refractivity contribution is -0.117. The Kier molecular flexibility index (Phi) is 2.71. The lowest BCUT2D eigenvalue weighted by atomic mass is 10.1. The van der Waals surface area contributed by atoms with Crippen molar-refractivity contribution in [2.45, 2.75) is 13.3 Å². The number of carbonyl (C=O) groups excluding carboxylic acids is 1. The van der Waals surface area contributed by atoms with Crippen molar-refractivity contribution in [1.82, 2.24) is 0 Å². The van der Waals surface area contributed by atoms with E-state index in [2.05, 4.69) is 0 Å². The van der Waals surface area contributed by atoms with Gasteiger partial charge in [-0.2, -0.15) is 0 Å². The first-order chi connectivity index (χ1) is 5.61. The fourth-order valence-electron chi connectivity index (χ4n) is 1.03. The molecule has 0 atom stereocenters. The summed E-state index contributed by atoms with van der Waals surface area (Å²) < 4.78 is 0. The van der Waals surface area contributed by atoms with E-state index < -0.39 is 0 Å². The normalized spacial score (nSPS) is 9.83. The van der Waals surface area contributed by atoms with Crippen LogP contribution in [0.4, 0.5) is 0 Å². The van der Waals surface area contributed by atoms with E-state index >= 15 is 0 Å². The lowest BCUT2D eigenvalue weighted by Crippen LogP contribution is -2.14. The summed E-state index contributed by atoms with van der Waals surface area (Å²) >= 11 is 5.85. The zero-order valence-corrected chi connectivity index (χ0v) is 7.56. The molecule has 0 saturated carbocycles. The molecule has 12 heavy (non-hydrogen) atoms. The molecule has 0 heterocycles. The molecule has 64 valence electrons. The van der Waals surface area contributed by atoms with Crippen molar-refractivity contribution in [2.24, 2.45) is 5.73 Å². The van der Waals surface area contributed by atoms with E-state index in [4.69, 9.17) is 17.3 Å². The fourth-order valence-corrected chi connectivity index (χ4v) is 1.23. The van der Waals surface area contributed by atoms with Gasteiger partial charge >= 0.3 is 0 Å². The van der Waals surface area contributed by atoms with Gasteiger partial charge in [0, 0.05) is 5.02 Å². The molecule has 0 aliphatic rings. The highest BCUT2D eigenvalue weighted by atomic mass is 35.5. The fraction of sp³-hybridized carbons (Fsp3) is 0.222. The van der Waals surface area contributed by atoms with Gasteiger partial charge in [0.15, 0.2) is 0 Å². The zero-order chi connectivity index (χ0) is 9.14. The third-order valence-electron chi connectivity index (χ3n) is 1.74. The van der Waals surface area contributed by atoms with Crippen LogP contribution in [0, 0.1) is 6.92 Å². The van der Waals surface area contributed by atoms with Gasteiger partial charge in [-0.3, -0.25) is 4.79 Å². The molecule has 0 spiro atoms. The lowest BCUT2D eigenvalue weighted by Gasteiger charge is -2.03. The number of benzene rings is 1. The van der Waals surface area contributed by atoms with Crippen LogP contribution in [0.15, 0.2) is 18.2 Å². The Morgan fingerprint density at radius 3 is 2.83 bits per heavy atom. The van der Waals surface area contributed by atoms with Crippen LogP contribution in [0.1, 0.15) is 11.1 Å². The van der Waals surface area contributed by atoms with E-state index in [9.17, 15) is 4.79 Å². The molecule has 0 bridgehead atoms. The topological polar surface area (TPSA) is 43.1 Å². The van der Waals surface area contributed by atoms with Crippen molar-refractivity contribution in [3.05, 3.63) is 34.3 Å². The van der Waals surface area contributed by atoms with E-state index in [1.54, 1.807) is 6.07 Å². The van der Waals surface area contributed by atoms with Gasteiger partial charge in [-0.1, -0.05) is 23.7 Å². The Morgan fingerprint density at radius 2 is 2.25 bits per heavy atom. The summed E-state index contributed by atoms with van der Waals surface area (Å²) in [4.78, 5) is 10.6. The third kappa shape index (κ3) is 1.98. The number of amides is 1. The highest BCUT2D eigenvalue weighted by Crippen LogP contribution is 2.18. The van der Waals surface area contributed by atoms with Gasteiger partial charge in [-0.25, -0.2) is 0 Å². The maximum absolute atomic E-state index is 10.6.